The highest BCUT2D eigenvalue weighted by atomic mass is 32.1. The molecule has 1 atom stereocenters. The molecule has 2 N–H and O–H groups in total. The van der Waals surface area contributed by atoms with Gasteiger partial charge in [-0.15, -0.1) is 11.3 Å². The van der Waals surface area contributed by atoms with Crippen molar-refractivity contribution in [2.45, 2.75) is 38.3 Å². The van der Waals surface area contributed by atoms with Crippen LogP contribution in [0.1, 0.15) is 41.5 Å². The maximum Gasteiger partial charge on any atom is 0.331 e. The summed E-state index contributed by atoms with van der Waals surface area (Å²) in [4.78, 5) is 29.9. The van der Waals surface area contributed by atoms with Crippen LogP contribution in [-0.4, -0.2) is 14.7 Å². The Labute approximate surface area is 139 Å². The van der Waals surface area contributed by atoms with E-state index in [4.69, 9.17) is 0 Å². The number of nitrogens with zero attached hydrogens (tertiary/aromatic N) is 1. The van der Waals surface area contributed by atoms with Crippen LogP contribution in [0.3, 0.4) is 0 Å². The molecule has 0 saturated carbocycles. The Kier molecular flexibility index (Phi) is 3.71. The fourth-order valence-corrected chi connectivity index (χ4v) is 5.16. The Bertz CT molecular complexity index is 966. The third kappa shape index (κ3) is 2.39. The third-order valence-electron chi connectivity index (χ3n) is 4.38. The zero-order chi connectivity index (χ0) is 16.0. The van der Waals surface area contributed by atoms with Gasteiger partial charge in [0.15, 0.2) is 6.23 Å². The first kappa shape index (κ1) is 14.9. The summed E-state index contributed by atoms with van der Waals surface area (Å²) in [6, 6.07) is 1.72. The molecule has 0 aromatic carbocycles. The molecule has 3 aromatic heterocycles. The number of thiophene rings is 2. The van der Waals surface area contributed by atoms with E-state index in [9.17, 15) is 14.7 Å². The second-order valence-electron chi connectivity index (χ2n) is 5.80. The van der Waals surface area contributed by atoms with Gasteiger partial charge < -0.3 is 5.11 Å². The number of aliphatic hydroxyl groups excluding tert-OH is 1. The number of aromatic nitrogens is 2. The molecule has 0 fully saturated rings. The van der Waals surface area contributed by atoms with Crippen molar-refractivity contribution in [3.63, 3.8) is 0 Å². The van der Waals surface area contributed by atoms with E-state index in [-0.39, 0.29) is 5.56 Å². The highest BCUT2D eigenvalue weighted by Crippen LogP contribution is 2.32. The quantitative estimate of drug-likeness (QED) is 0.699. The summed E-state index contributed by atoms with van der Waals surface area (Å²) >= 11 is 2.93. The van der Waals surface area contributed by atoms with E-state index >= 15 is 0 Å². The molecule has 0 amide bonds. The average molecular weight is 348 g/mol. The van der Waals surface area contributed by atoms with Crippen LogP contribution >= 0.6 is 22.7 Å². The van der Waals surface area contributed by atoms with Crippen molar-refractivity contribution in [2.75, 3.05) is 0 Å². The number of hydrogen-bond acceptors (Lipinski definition) is 5. The van der Waals surface area contributed by atoms with Crippen molar-refractivity contribution >= 4 is 32.9 Å². The van der Waals surface area contributed by atoms with Gasteiger partial charge in [0.25, 0.3) is 5.56 Å². The van der Waals surface area contributed by atoms with Crippen molar-refractivity contribution in [1.82, 2.24) is 9.55 Å². The molecule has 1 aliphatic carbocycles. The van der Waals surface area contributed by atoms with Crippen LogP contribution in [0.5, 0.6) is 0 Å². The molecular weight excluding hydrogens is 332 g/mol. The van der Waals surface area contributed by atoms with Gasteiger partial charge in [-0.3, -0.25) is 9.78 Å². The van der Waals surface area contributed by atoms with Gasteiger partial charge in [0.05, 0.1) is 5.39 Å². The van der Waals surface area contributed by atoms with Crippen LogP contribution < -0.4 is 11.2 Å². The van der Waals surface area contributed by atoms with E-state index in [1.807, 2.05) is 5.38 Å². The van der Waals surface area contributed by atoms with E-state index in [2.05, 4.69) is 4.98 Å². The zero-order valence-electron chi connectivity index (χ0n) is 12.4. The summed E-state index contributed by atoms with van der Waals surface area (Å²) in [6.45, 7) is 0. The SMILES string of the molecule is O=c1[nH]c2sc3c(c2c(=O)n1C(O)c1ccsc1)CCCCC3. The van der Waals surface area contributed by atoms with E-state index in [1.165, 1.54) is 27.6 Å². The molecule has 0 spiro atoms. The van der Waals surface area contributed by atoms with E-state index < -0.39 is 11.9 Å². The lowest BCUT2D eigenvalue weighted by Crippen LogP contribution is -2.38. The van der Waals surface area contributed by atoms with Gasteiger partial charge in [-0.05, 0) is 48.1 Å². The maximum absolute atomic E-state index is 12.9. The second kappa shape index (κ2) is 5.74. The second-order valence-corrected chi connectivity index (χ2v) is 7.69. The van der Waals surface area contributed by atoms with Crippen molar-refractivity contribution in [3.05, 3.63) is 53.7 Å². The predicted molar refractivity (Wildman–Crippen MR) is 92.6 cm³/mol. The van der Waals surface area contributed by atoms with Gasteiger partial charge in [-0.2, -0.15) is 11.3 Å². The van der Waals surface area contributed by atoms with Crippen molar-refractivity contribution in [1.29, 1.82) is 0 Å². The molecule has 7 heteroatoms. The fraction of sp³-hybridized carbons (Fsp3) is 0.375. The molecular formula is C16H16N2O3S2. The van der Waals surface area contributed by atoms with Crippen LogP contribution in [0.15, 0.2) is 26.4 Å². The van der Waals surface area contributed by atoms with Crippen LogP contribution in [0, 0.1) is 0 Å². The van der Waals surface area contributed by atoms with Crippen molar-refractivity contribution < 1.29 is 5.11 Å². The van der Waals surface area contributed by atoms with Gasteiger partial charge in [-0.25, -0.2) is 9.36 Å². The van der Waals surface area contributed by atoms with Gasteiger partial charge in [0.2, 0.25) is 0 Å². The number of nitrogens with one attached hydrogen (secondary N) is 1. The van der Waals surface area contributed by atoms with Crippen LogP contribution in [0.25, 0.3) is 10.2 Å². The van der Waals surface area contributed by atoms with Gasteiger partial charge in [0, 0.05) is 10.4 Å². The summed E-state index contributed by atoms with van der Waals surface area (Å²) in [5.74, 6) is 0. The minimum Gasteiger partial charge on any atom is -0.369 e. The molecule has 3 heterocycles. The van der Waals surface area contributed by atoms with E-state index in [0.29, 0.717) is 15.8 Å². The number of fused-ring (bicyclic) bond motifs is 3. The molecule has 1 unspecified atom stereocenters. The average Bonchev–Trinajstić information content (AvgIpc) is 3.10. The minimum atomic E-state index is -1.25. The summed E-state index contributed by atoms with van der Waals surface area (Å²) in [5.41, 5.74) is 0.678. The standard InChI is InChI=1S/C16H16N2O3S2/c19-14(9-6-7-22-8-9)18-15(20)12-10-4-2-1-3-5-11(10)23-13(12)17-16(18)21/h6-8,14,19H,1-5H2,(H,17,21). The Morgan fingerprint density at radius 2 is 2.04 bits per heavy atom. The topological polar surface area (TPSA) is 75.1 Å². The molecule has 4 rings (SSSR count). The molecule has 3 aromatic rings. The first-order valence-electron chi connectivity index (χ1n) is 7.66. The molecule has 1 aliphatic rings. The first-order valence-corrected chi connectivity index (χ1v) is 9.42. The van der Waals surface area contributed by atoms with Crippen molar-refractivity contribution in [3.8, 4) is 0 Å². The number of rotatable bonds is 2. The van der Waals surface area contributed by atoms with Crippen molar-refractivity contribution in [2.24, 2.45) is 0 Å². The zero-order valence-corrected chi connectivity index (χ0v) is 14.0. The third-order valence-corrected chi connectivity index (χ3v) is 6.29. The largest absolute Gasteiger partial charge is 0.369 e. The lowest BCUT2D eigenvalue weighted by atomic mass is 10.1. The normalized spacial score (nSPS) is 16.2. The molecule has 5 nitrogen and oxygen atoms in total. The van der Waals surface area contributed by atoms with Gasteiger partial charge >= 0.3 is 5.69 Å². The van der Waals surface area contributed by atoms with Crippen LogP contribution in [-0.2, 0) is 12.8 Å². The molecule has 0 aliphatic heterocycles. The minimum absolute atomic E-state index is 0.387. The van der Waals surface area contributed by atoms with Crippen LogP contribution in [0.2, 0.25) is 0 Å². The molecule has 120 valence electrons. The maximum atomic E-state index is 12.9. The lowest BCUT2D eigenvalue weighted by molar-refractivity contribution is 0.138. The number of H-pyrrole nitrogens is 1. The first-order chi connectivity index (χ1) is 11.2. The number of aliphatic hydroxyl groups is 1. The Hall–Kier alpha value is -1.70. The smallest absolute Gasteiger partial charge is 0.331 e. The summed E-state index contributed by atoms with van der Waals surface area (Å²) in [5, 5.41) is 14.6. The molecule has 0 radical (unpaired) electrons. The van der Waals surface area contributed by atoms with Gasteiger partial charge in [0.1, 0.15) is 4.83 Å². The van der Waals surface area contributed by atoms with Gasteiger partial charge in [-0.1, -0.05) is 6.42 Å². The lowest BCUT2D eigenvalue weighted by Gasteiger charge is -2.11. The Balaban J connectivity index is 1.97. The summed E-state index contributed by atoms with van der Waals surface area (Å²) in [6.07, 6.45) is 3.93. The number of aromatic amines is 1. The highest BCUT2D eigenvalue weighted by molar-refractivity contribution is 7.18. The van der Waals surface area contributed by atoms with E-state index in [0.717, 1.165) is 42.2 Å². The molecule has 0 saturated heterocycles. The monoisotopic (exact) mass is 348 g/mol. The molecule has 23 heavy (non-hydrogen) atoms. The summed E-state index contributed by atoms with van der Waals surface area (Å²) in [7, 11) is 0. The molecule has 0 bridgehead atoms. The van der Waals surface area contributed by atoms with Crippen LogP contribution in [0.4, 0.5) is 0 Å². The Morgan fingerprint density at radius 1 is 1.22 bits per heavy atom. The fourth-order valence-electron chi connectivity index (χ4n) is 3.22. The van der Waals surface area contributed by atoms with E-state index in [1.54, 1.807) is 11.4 Å². The predicted octanol–water partition coefficient (Wildman–Crippen LogP) is 2.62. The number of aryl methyl sites for hydroxylation is 2. The summed E-state index contributed by atoms with van der Waals surface area (Å²) < 4.78 is 0.933. The Morgan fingerprint density at radius 3 is 2.83 bits per heavy atom. The highest BCUT2D eigenvalue weighted by Gasteiger charge is 2.23. The number of hydrogen-bond donors (Lipinski definition) is 2.